The van der Waals surface area contributed by atoms with Crippen molar-refractivity contribution in [2.45, 2.75) is 6.92 Å². The van der Waals surface area contributed by atoms with Crippen LogP contribution in [0.5, 0.6) is 0 Å². The monoisotopic (exact) mass is 440 g/mol. The van der Waals surface area contributed by atoms with E-state index in [2.05, 4.69) is 26.2 Å². The van der Waals surface area contributed by atoms with Crippen LogP contribution in [-0.2, 0) is 0 Å². The summed E-state index contributed by atoms with van der Waals surface area (Å²) in [7, 11) is 0. The molecule has 2 aromatic carbocycles. The average Bonchev–Trinajstić information content (AvgIpc) is 2.88. The SMILES string of the molecule is Cc1sc(NC(=O)c2ccccc2Br)nc1-c1ccc(Cl)cc1Cl. The number of amides is 1. The maximum atomic E-state index is 12.4. The molecule has 0 radical (unpaired) electrons. The van der Waals surface area contributed by atoms with Gasteiger partial charge in [0.15, 0.2) is 5.13 Å². The van der Waals surface area contributed by atoms with Crippen LogP contribution in [0.3, 0.4) is 0 Å². The van der Waals surface area contributed by atoms with Crippen LogP contribution in [0.1, 0.15) is 15.2 Å². The molecule has 1 heterocycles. The summed E-state index contributed by atoms with van der Waals surface area (Å²) in [5, 5.41) is 4.45. The summed E-state index contributed by atoms with van der Waals surface area (Å²) in [6.07, 6.45) is 0. The fraction of sp³-hybridized carbons (Fsp3) is 0.0588. The van der Waals surface area contributed by atoms with E-state index in [1.165, 1.54) is 11.3 Å². The Balaban J connectivity index is 1.89. The Hall–Kier alpha value is -1.40. The van der Waals surface area contributed by atoms with Gasteiger partial charge in [-0.05, 0) is 53.2 Å². The van der Waals surface area contributed by atoms with E-state index in [9.17, 15) is 4.79 Å². The fourth-order valence-corrected chi connectivity index (χ4v) is 3.98. The molecular weight excluding hydrogens is 431 g/mol. The highest BCUT2D eigenvalue weighted by atomic mass is 79.9. The van der Waals surface area contributed by atoms with Gasteiger partial charge in [-0.1, -0.05) is 35.3 Å². The van der Waals surface area contributed by atoms with E-state index in [4.69, 9.17) is 23.2 Å². The average molecular weight is 442 g/mol. The van der Waals surface area contributed by atoms with Gasteiger partial charge >= 0.3 is 0 Å². The molecule has 0 spiro atoms. The van der Waals surface area contributed by atoms with Gasteiger partial charge in [-0.25, -0.2) is 4.98 Å². The number of rotatable bonds is 3. The van der Waals surface area contributed by atoms with Crippen LogP contribution in [0, 0.1) is 6.92 Å². The van der Waals surface area contributed by atoms with E-state index in [1.54, 1.807) is 18.2 Å². The first-order valence-electron chi connectivity index (χ1n) is 6.94. The molecule has 0 saturated heterocycles. The molecule has 0 bridgehead atoms. The van der Waals surface area contributed by atoms with Crippen molar-refractivity contribution in [1.82, 2.24) is 4.98 Å². The third-order valence-electron chi connectivity index (χ3n) is 3.32. The lowest BCUT2D eigenvalue weighted by molar-refractivity contribution is 0.102. The van der Waals surface area contributed by atoms with E-state index >= 15 is 0 Å². The van der Waals surface area contributed by atoms with Crippen LogP contribution in [0.2, 0.25) is 10.0 Å². The van der Waals surface area contributed by atoms with Gasteiger partial charge in [0.25, 0.3) is 5.91 Å². The number of carbonyl (C=O) groups is 1. The highest BCUT2D eigenvalue weighted by molar-refractivity contribution is 9.10. The van der Waals surface area contributed by atoms with Crippen LogP contribution < -0.4 is 5.32 Å². The van der Waals surface area contributed by atoms with Gasteiger partial charge in [0.1, 0.15) is 0 Å². The second-order valence-electron chi connectivity index (χ2n) is 4.98. The summed E-state index contributed by atoms with van der Waals surface area (Å²) >= 11 is 17.0. The highest BCUT2D eigenvalue weighted by Crippen LogP contribution is 2.36. The number of hydrogen-bond donors (Lipinski definition) is 1. The molecule has 122 valence electrons. The zero-order valence-electron chi connectivity index (χ0n) is 12.4. The molecule has 0 aliphatic carbocycles. The number of hydrogen-bond acceptors (Lipinski definition) is 3. The van der Waals surface area contributed by atoms with Gasteiger partial charge in [0.2, 0.25) is 0 Å². The van der Waals surface area contributed by atoms with Crippen molar-refractivity contribution in [2.24, 2.45) is 0 Å². The molecule has 0 aliphatic rings. The summed E-state index contributed by atoms with van der Waals surface area (Å²) in [6.45, 7) is 1.94. The van der Waals surface area contributed by atoms with Gasteiger partial charge in [-0.2, -0.15) is 0 Å². The van der Waals surface area contributed by atoms with Gasteiger partial charge in [0, 0.05) is 19.9 Å². The van der Waals surface area contributed by atoms with E-state index < -0.39 is 0 Å². The van der Waals surface area contributed by atoms with E-state index in [-0.39, 0.29) is 5.91 Å². The van der Waals surface area contributed by atoms with Crippen molar-refractivity contribution in [3.63, 3.8) is 0 Å². The van der Waals surface area contributed by atoms with Gasteiger partial charge in [0.05, 0.1) is 16.3 Å². The number of nitrogens with zero attached hydrogens (tertiary/aromatic N) is 1. The van der Waals surface area contributed by atoms with Crippen molar-refractivity contribution in [3.05, 3.63) is 67.4 Å². The standard InChI is InChI=1S/C17H11BrCl2N2OS/c1-9-15(12-7-6-10(19)8-14(12)20)21-17(24-9)22-16(23)11-4-2-3-5-13(11)18/h2-8H,1H3,(H,21,22,23). The normalized spacial score (nSPS) is 10.7. The van der Waals surface area contributed by atoms with Gasteiger partial charge in [-0.15, -0.1) is 11.3 Å². The van der Waals surface area contributed by atoms with Crippen molar-refractivity contribution in [3.8, 4) is 11.3 Å². The number of carbonyl (C=O) groups excluding carboxylic acids is 1. The van der Waals surface area contributed by atoms with Crippen LogP contribution in [0.15, 0.2) is 46.9 Å². The smallest absolute Gasteiger partial charge is 0.258 e. The molecule has 0 unspecified atom stereocenters. The number of aryl methyl sites for hydroxylation is 1. The first-order valence-corrected chi connectivity index (χ1v) is 9.31. The van der Waals surface area contributed by atoms with E-state index in [0.717, 1.165) is 20.6 Å². The zero-order chi connectivity index (χ0) is 17.3. The van der Waals surface area contributed by atoms with Crippen LogP contribution in [-0.4, -0.2) is 10.9 Å². The number of nitrogens with one attached hydrogen (secondary N) is 1. The number of anilines is 1. The molecule has 3 aromatic rings. The van der Waals surface area contributed by atoms with Crippen molar-refractivity contribution in [2.75, 3.05) is 5.32 Å². The van der Waals surface area contributed by atoms with E-state index in [1.807, 2.05) is 31.2 Å². The second kappa shape index (κ2) is 7.23. The first-order chi connectivity index (χ1) is 11.5. The third-order valence-corrected chi connectivity index (χ3v) is 5.45. The van der Waals surface area contributed by atoms with Crippen LogP contribution in [0.25, 0.3) is 11.3 Å². The minimum Gasteiger partial charge on any atom is -0.298 e. The second-order valence-corrected chi connectivity index (χ2v) is 7.88. The topological polar surface area (TPSA) is 42.0 Å². The predicted octanol–water partition coefficient (Wildman–Crippen LogP) is 6.44. The van der Waals surface area contributed by atoms with Gasteiger partial charge in [-0.3, -0.25) is 10.1 Å². The van der Waals surface area contributed by atoms with Crippen LogP contribution >= 0.6 is 50.5 Å². The predicted molar refractivity (Wildman–Crippen MR) is 104 cm³/mol. The Kier molecular flexibility index (Phi) is 5.25. The summed E-state index contributed by atoms with van der Waals surface area (Å²) in [5.74, 6) is -0.218. The Morgan fingerprint density at radius 3 is 2.67 bits per heavy atom. The molecule has 3 nitrogen and oxygen atoms in total. The number of halogens is 3. The highest BCUT2D eigenvalue weighted by Gasteiger charge is 2.16. The quantitative estimate of drug-likeness (QED) is 0.508. The maximum absolute atomic E-state index is 12.4. The van der Waals surface area contributed by atoms with Crippen molar-refractivity contribution in [1.29, 1.82) is 0 Å². The number of thiazole rings is 1. The maximum Gasteiger partial charge on any atom is 0.258 e. The molecule has 0 saturated carbocycles. The lowest BCUT2D eigenvalue weighted by atomic mass is 10.1. The first kappa shape index (κ1) is 17.4. The Labute approximate surface area is 161 Å². The molecule has 24 heavy (non-hydrogen) atoms. The summed E-state index contributed by atoms with van der Waals surface area (Å²) in [5.41, 5.74) is 2.08. The molecule has 0 aliphatic heterocycles. The lowest BCUT2D eigenvalue weighted by Gasteiger charge is -2.04. The Morgan fingerprint density at radius 2 is 1.96 bits per heavy atom. The summed E-state index contributed by atoms with van der Waals surface area (Å²) in [4.78, 5) is 17.9. The minimum absolute atomic E-state index is 0.218. The van der Waals surface area contributed by atoms with E-state index in [0.29, 0.717) is 20.7 Å². The molecule has 7 heteroatoms. The third kappa shape index (κ3) is 3.64. The lowest BCUT2D eigenvalue weighted by Crippen LogP contribution is -2.12. The number of benzene rings is 2. The zero-order valence-corrected chi connectivity index (χ0v) is 16.4. The molecule has 1 N–H and O–H groups in total. The molecular formula is C17H11BrCl2N2OS. The fourth-order valence-electron chi connectivity index (χ4n) is 2.19. The van der Waals surface area contributed by atoms with Crippen LogP contribution in [0.4, 0.5) is 5.13 Å². The molecule has 1 amide bonds. The summed E-state index contributed by atoms with van der Waals surface area (Å²) < 4.78 is 0.733. The summed E-state index contributed by atoms with van der Waals surface area (Å²) in [6, 6.07) is 12.5. The Morgan fingerprint density at radius 1 is 1.21 bits per heavy atom. The minimum atomic E-state index is -0.218. The van der Waals surface area contributed by atoms with Crippen molar-refractivity contribution < 1.29 is 4.79 Å². The Bertz CT molecular complexity index is 927. The number of aromatic nitrogens is 1. The molecule has 0 atom stereocenters. The van der Waals surface area contributed by atoms with Gasteiger partial charge < -0.3 is 0 Å². The molecule has 1 aromatic heterocycles. The molecule has 3 rings (SSSR count). The molecule has 0 fully saturated rings. The largest absolute Gasteiger partial charge is 0.298 e. The van der Waals surface area contributed by atoms with Crippen molar-refractivity contribution >= 4 is 61.5 Å².